The lowest BCUT2D eigenvalue weighted by Crippen LogP contribution is -2.27. The molecule has 0 atom stereocenters. The molecule has 0 saturated heterocycles. The number of hydrogen-bond donors (Lipinski definition) is 2. The minimum absolute atomic E-state index is 0.213. The third-order valence-corrected chi connectivity index (χ3v) is 4.24. The summed E-state index contributed by atoms with van der Waals surface area (Å²) in [5, 5.41) is 10.8. The summed E-state index contributed by atoms with van der Waals surface area (Å²) in [5.74, 6) is -0.213. The van der Waals surface area contributed by atoms with Crippen LogP contribution in [-0.4, -0.2) is 37.4 Å². The van der Waals surface area contributed by atoms with Gasteiger partial charge in [0.15, 0.2) is 0 Å². The quantitative estimate of drug-likeness (QED) is 0.722. The molecule has 0 bridgehead atoms. The van der Waals surface area contributed by atoms with Gasteiger partial charge in [0.2, 0.25) is 0 Å². The summed E-state index contributed by atoms with van der Waals surface area (Å²) in [4.78, 5) is 31.6. The molecule has 3 aromatic heterocycles. The van der Waals surface area contributed by atoms with Crippen molar-refractivity contribution in [3.05, 3.63) is 39.5 Å². The molecule has 0 fully saturated rings. The zero-order valence-electron chi connectivity index (χ0n) is 11.2. The Morgan fingerprint density at radius 2 is 2.38 bits per heavy atom. The smallest absolute Gasteiger partial charge is 0.261 e. The zero-order valence-corrected chi connectivity index (χ0v) is 12.0. The number of rotatable bonds is 4. The van der Waals surface area contributed by atoms with Crippen LogP contribution in [0.15, 0.2) is 23.5 Å². The number of aromatic nitrogens is 5. The van der Waals surface area contributed by atoms with Crippen LogP contribution in [0.5, 0.6) is 0 Å². The van der Waals surface area contributed by atoms with Crippen LogP contribution >= 0.6 is 11.3 Å². The summed E-state index contributed by atoms with van der Waals surface area (Å²) in [7, 11) is 0. The number of hydrogen-bond acceptors (Lipinski definition) is 6. The summed E-state index contributed by atoms with van der Waals surface area (Å²) in [6, 6.07) is 0. The van der Waals surface area contributed by atoms with E-state index in [4.69, 9.17) is 0 Å². The number of amides is 1. The van der Waals surface area contributed by atoms with E-state index in [-0.39, 0.29) is 11.5 Å². The molecule has 8 nitrogen and oxygen atoms in total. The fourth-order valence-electron chi connectivity index (χ4n) is 2.01. The molecule has 2 N–H and O–H groups in total. The molecule has 0 saturated carbocycles. The lowest BCUT2D eigenvalue weighted by molar-refractivity contribution is 0.0955. The van der Waals surface area contributed by atoms with Gasteiger partial charge in [-0.3, -0.25) is 14.3 Å². The number of nitrogens with one attached hydrogen (secondary N) is 2. The molecule has 108 valence electrons. The number of aryl methyl sites for hydroxylation is 1. The number of fused-ring (bicyclic) bond motifs is 1. The van der Waals surface area contributed by atoms with E-state index in [1.807, 2.05) is 0 Å². The van der Waals surface area contributed by atoms with Gasteiger partial charge in [-0.05, 0) is 12.5 Å². The van der Waals surface area contributed by atoms with Gasteiger partial charge < -0.3 is 10.3 Å². The molecule has 1 amide bonds. The average molecular weight is 304 g/mol. The zero-order chi connectivity index (χ0) is 14.8. The maximum absolute atomic E-state index is 12.2. The van der Waals surface area contributed by atoms with Crippen molar-refractivity contribution >= 4 is 27.5 Å². The van der Waals surface area contributed by atoms with E-state index in [0.717, 1.165) is 0 Å². The molecule has 0 aromatic carbocycles. The summed E-state index contributed by atoms with van der Waals surface area (Å²) in [5.41, 5.74) is 0.429. The summed E-state index contributed by atoms with van der Waals surface area (Å²) in [6.07, 6.45) is 4.64. The van der Waals surface area contributed by atoms with Crippen LogP contribution in [0, 0.1) is 6.92 Å². The van der Waals surface area contributed by atoms with E-state index in [1.54, 1.807) is 24.0 Å². The lowest BCUT2D eigenvalue weighted by Gasteiger charge is -2.04. The summed E-state index contributed by atoms with van der Waals surface area (Å²) >= 11 is 1.22. The SMILES string of the molecule is Cc1c(C(=O)NCCn2ccnn2)sc2nc[nH]c(=O)c12. The van der Waals surface area contributed by atoms with Gasteiger partial charge >= 0.3 is 0 Å². The fourth-order valence-corrected chi connectivity index (χ4v) is 3.08. The molecule has 0 unspecified atom stereocenters. The molecule has 0 aliphatic rings. The highest BCUT2D eigenvalue weighted by atomic mass is 32.1. The third kappa shape index (κ3) is 2.55. The second kappa shape index (κ2) is 5.44. The lowest BCUT2D eigenvalue weighted by atomic mass is 10.2. The molecule has 0 aliphatic carbocycles. The third-order valence-electron chi connectivity index (χ3n) is 3.04. The van der Waals surface area contributed by atoms with Crippen LogP contribution in [0.2, 0.25) is 0 Å². The topological polar surface area (TPSA) is 106 Å². The highest BCUT2D eigenvalue weighted by Gasteiger charge is 2.17. The molecule has 0 spiro atoms. The predicted octanol–water partition coefficient (Wildman–Crippen LogP) is 0.315. The van der Waals surface area contributed by atoms with Crippen LogP contribution in [0.25, 0.3) is 10.2 Å². The number of H-pyrrole nitrogens is 1. The van der Waals surface area contributed by atoms with Gasteiger partial charge in [0.25, 0.3) is 11.5 Å². The molecule has 3 heterocycles. The van der Waals surface area contributed by atoms with Gasteiger partial charge in [-0.1, -0.05) is 5.21 Å². The van der Waals surface area contributed by atoms with E-state index in [9.17, 15) is 9.59 Å². The van der Waals surface area contributed by atoms with E-state index >= 15 is 0 Å². The molecule has 9 heteroatoms. The average Bonchev–Trinajstić information content (AvgIpc) is 3.08. The molecule has 3 aromatic rings. The first-order valence-electron chi connectivity index (χ1n) is 6.26. The Morgan fingerprint density at radius 3 is 3.10 bits per heavy atom. The predicted molar refractivity (Wildman–Crippen MR) is 77.3 cm³/mol. The van der Waals surface area contributed by atoms with E-state index in [2.05, 4.69) is 25.6 Å². The van der Waals surface area contributed by atoms with Crippen molar-refractivity contribution in [1.82, 2.24) is 30.3 Å². The number of aromatic amines is 1. The van der Waals surface area contributed by atoms with Gasteiger partial charge in [0.05, 0.1) is 29.3 Å². The van der Waals surface area contributed by atoms with Gasteiger partial charge in [0, 0.05) is 12.7 Å². The molecule has 3 rings (SSSR count). The van der Waals surface area contributed by atoms with Crippen molar-refractivity contribution in [2.45, 2.75) is 13.5 Å². The molecule has 0 radical (unpaired) electrons. The first-order valence-corrected chi connectivity index (χ1v) is 7.07. The largest absolute Gasteiger partial charge is 0.349 e. The first kappa shape index (κ1) is 13.4. The van der Waals surface area contributed by atoms with Crippen molar-refractivity contribution in [2.75, 3.05) is 6.54 Å². The van der Waals surface area contributed by atoms with Crippen LogP contribution in [-0.2, 0) is 6.54 Å². The van der Waals surface area contributed by atoms with Crippen LogP contribution in [0.4, 0.5) is 0 Å². The van der Waals surface area contributed by atoms with Crippen molar-refractivity contribution in [3.8, 4) is 0 Å². The Bertz CT molecular complexity index is 835. The van der Waals surface area contributed by atoms with Crippen molar-refractivity contribution in [2.24, 2.45) is 0 Å². The molecular weight excluding hydrogens is 292 g/mol. The number of carbonyl (C=O) groups is 1. The highest BCUT2D eigenvalue weighted by Crippen LogP contribution is 2.26. The fraction of sp³-hybridized carbons (Fsp3) is 0.250. The van der Waals surface area contributed by atoms with Gasteiger partial charge in [-0.2, -0.15) is 0 Å². The minimum atomic E-state index is -0.226. The van der Waals surface area contributed by atoms with Crippen molar-refractivity contribution in [1.29, 1.82) is 0 Å². The maximum atomic E-state index is 12.2. The Kier molecular flexibility index (Phi) is 3.48. The Labute approximate surface area is 122 Å². The van der Waals surface area contributed by atoms with Gasteiger partial charge in [-0.15, -0.1) is 16.4 Å². The second-order valence-electron chi connectivity index (χ2n) is 4.39. The molecular formula is C12H12N6O2S. The van der Waals surface area contributed by atoms with Crippen LogP contribution < -0.4 is 10.9 Å². The minimum Gasteiger partial charge on any atom is -0.349 e. The summed E-state index contributed by atoms with van der Waals surface area (Å²) in [6.45, 7) is 2.72. The van der Waals surface area contributed by atoms with Crippen LogP contribution in [0.3, 0.4) is 0 Å². The number of thiophene rings is 1. The Morgan fingerprint density at radius 1 is 1.52 bits per heavy atom. The van der Waals surface area contributed by atoms with E-state index in [0.29, 0.717) is 33.7 Å². The Hall–Kier alpha value is -2.55. The number of nitrogens with zero attached hydrogens (tertiary/aromatic N) is 4. The van der Waals surface area contributed by atoms with Gasteiger partial charge in [0.1, 0.15) is 4.83 Å². The first-order chi connectivity index (χ1) is 10.2. The van der Waals surface area contributed by atoms with E-state index < -0.39 is 0 Å². The number of carbonyl (C=O) groups excluding carboxylic acids is 1. The van der Waals surface area contributed by atoms with Crippen molar-refractivity contribution < 1.29 is 4.79 Å². The normalized spacial score (nSPS) is 10.9. The standard InChI is InChI=1S/C12H12N6O2S/c1-7-8-10(19)14-6-15-12(8)21-9(7)11(20)13-2-4-18-5-3-16-17-18/h3,5-6H,2,4H2,1H3,(H,13,20)(H,14,15,19). The molecule has 21 heavy (non-hydrogen) atoms. The Balaban J connectivity index is 1.77. The van der Waals surface area contributed by atoms with Gasteiger partial charge in [-0.25, -0.2) is 4.98 Å². The van der Waals surface area contributed by atoms with Crippen LogP contribution in [0.1, 0.15) is 15.2 Å². The second-order valence-corrected chi connectivity index (χ2v) is 5.39. The highest BCUT2D eigenvalue weighted by molar-refractivity contribution is 7.20. The maximum Gasteiger partial charge on any atom is 0.261 e. The monoisotopic (exact) mass is 304 g/mol. The van der Waals surface area contributed by atoms with Crippen molar-refractivity contribution in [3.63, 3.8) is 0 Å². The molecule has 0 aliphatic heterocycles. The van der Waals surface area contributed by atoms with E-state index in [1.165, 1.54) is 17.7 Å². The summed E-state index contributed by atoms with van der Waals surface area (Å²) < 4.78 is 1.63.